The number of ether oxygens (including phenoxy) is 1. The number of aromatic amines is 2. The molecule has 0 amide bonds. The fourth-order valence-electron chi connectivity index (χ4n) is 2.85. The van der Waals surface area contributed by atoms with Gasteiger partial charge in [0.1, 0.15) is 11.5 Å². The van der Waals surface area contributed by atoms with Crippen LogP contribution in [0.2, 0.25) is 5.02 Å². The van der Waals surface area contributed by atoms with Gasteiger partial charge in [-0.05, 0) is 31.2 Å². The SMILES string of the molecule is CCOCCN=c1nc(Nc2ccc(F)c(Cl)c2)nc2/c(=C\c3[nH]c(=O)[nH]c3O)cnn12. The molecule has 4 N–H and O–H groups in total. The summed E-state index contributed by atoms with van der Waals surface area (Å²) in [4.78, 5) is 29.4. The van der Waals surface area contributed by atoms with Crippen molar-refractivity contribution in [3.8, 4) is 5.88 Å². The van der Waals surface area contributed by atoms with Gasteiger partial charge in [0.2, 0.25) is 11.8 Å². The van der Waals surface area contributed by atoms with E-state index in [9.17, 15) is 14.3 Å². The van der Waals surface area contributed by atoms with Crippen molar-refractivity contribution in [3.05, 3.63) is 62.3 Å². The molecule has 0 saturated carbocycles. The number of nitrogens with zero attached hydrogens (tertiary/aromatic N) is 5. The first-order valence-electron chi connectivity index (χ1n) is 9.53. The van der Waals surface area contributed by atoms with Crippen LogP contribution in [0.3, 0.4) is 0 Å². The Balaban J connectivity index is 1.83. The van der Waals surface area contributed by atoms with Gasteiger partial charge in [-0.1, -0.05) is 11.6 Å². The third kappa shape index (κ3) is 4.60. The molecule has 3 aromatic heterocycles. The highest BCUT2D eigenvalue weighted by molar-refractivity contribution is 6.31. The van der Waals surface area contributed by atoms with Crippen LogP contribution in [0, 0.1) is 5.82 Å². The van der Waals surface area contributed by atoms with Crippen LogP contribution in [0.5, 0.6) is 5.88 Å². The molecule has 166 valence electrons. The van der Waals surface area contributed by atoms with E-state index in [0.717, 1.165) is 0 Å². The summed E-state index contributed by atoms with van der Waals surface area (Å²) in [5.41, 5.74) is 0.683. The zero-order valence-electron chi connectivity index (χ0n) is 16.8. The van der Waals surface area contributed by atoms with E-state index in [1.54, 1.807) is 0 Å². The van der Waals surface area contributed by atoms with Gasteiger partial charge < -0.3 is 20.1 Å². The van der Waals surface area contributed by atoms with Gasteiger partial charge in [-0.15, -0.1) is 0 Å². The number of imidazole rings is 1. The van der Waals surface area contributed by atoms with E-state index >= 15 is 0 Å². The van der Waals surface area contributed by atoms with Gasteiger partial charge in [-0.3, -0.25) is 4.98 Å². The lowest BCUT2D eigenvalue weighted by atomic mass is 10.3. The largest absolute Gasteiger partial charge is 0.493 e. The predicted octanol–water partition coefficient (Wildman–Crippen LogP) is 0.867. The van der Waals surface area contributed by atoms with Gasteiger partial charge in [0.05, 0.1) is 24.4 Å². The molecule has 0 spiro atoms. The minimum absolute atomic E-state index is 0.0528. The maximum atomic E-state index is 13.5. The molecule has 0 aliphatic rings. The van der Waals surface area contributed by atoms with Crippen LogP contribution in [0.25, 0.3) is 11.7 Å². The Morgan fingerprint density at radius 2 is 2.22 bits per heavy atom. The van der Waals surface area contributed by atoms with Crippen molar-refractivity contribution in [2.75, 3.05) is 25.1 Å². The molecule has 0 saturated heterocycles. The fourth-order valence-corrected chi connectivity index (χ4v) is 3.03. The molecule has 4 aromatic rings. The molecule has 0 aliphatic carbocycles. The number of aromatic nitrogens is 6. The van der Waals surface area contributed by atoms with Crippen molar-refractivity contribution in [2.45, 2.75) is 6.92 Å². The molecule has 13 heteroatoms. The number of nitrogens with one attached hydrogen (secondary N) is 3. The van der Waals surface area contributed by atoms with Gasteiger partial charge in [-0.2, -0.15) is 19.6 Å². The van der Waals surface area contributed by atoms with Crippen LogP contribution < -0.4 is 21.8 Å². The third-order valence-corrected chi connectivity index (χ3v) is 4.57. The molecular formula is C19H18ClFN8O3. The summed E-state index contributed by atoms with van der Waals surface area (Å²) >= 11 is 5.86. The number of hydrogen-bond acceptors (Lipinski definition) is 8. The number of H-pyrrole nitrogens is 2. The van der Waals surface area contributed by atoms with E-state index in [-0.39, 0.29) is 28.2 Å². The average molecular weight is 461 g/mol. The van der Waals surface area contributed by atoms with E-state index in [2.05, 4.69) is 35.3 Å². The van der Waals surface area contributed by atoms with Gasteiger partial charge in [0.15, 0.2) is 5.65 Å². The zero-order chi connectivity index (χ0) is 22.7. The molecule has 11 nitrogen and oxygen atoms in total. The molecule has 1 aromatic carbocycles. The Morgan fingerprint density at radius 1 is 1.38 bits per heavy atom. The van der Waals surface area contributed by atoms with Crippen LogP contribution in [0.1, 0.15) is 12.6 Å². The Kier molecular flexibility index (Phi) is 6.14. The van der Waals surface area contributed by atoms with Crippen LogP contribution in [0.4, 0.5) is 16.0 Å². The summed E-state index contributed by atoms with van der Waals surface area (Å²) in [5.74, 6) is -0.699. The predicted molar refractivity (Wildman–Crippen MR) is 114 cm³/mol. The van der Waals surface area contributed by atoms with Crippen molar-refractivity contribution in [2.24, 2.45) is 4.99 Å². The average Bonchev–Trinajstić information content (AvgIpc) is 3.30. The standard InChI is InChI=1S/C19H18ClFN8O3/c1-2-32-6-5-22-18-28-17(24-11-3-4-13(21)12(20)8-11)26-15-10(9-23-29(15)18)7-14-16(30)27-19(31)25-14/h3-4,7-9,30H,2,5-6H2,1H3,(H,22,24,28)(H2,25,27,31)/b10-7-. The molecule has 0 bridgehead atoms. The van der Waals surface area contributed by atoms with E-state index in [4.69, 9.17) is 16.3 Å². The first-order valence-corrected chi connectivity index (χ1v) is 9.91. The lowest BCUT2D eigenvalue weighted by Gasteiger charge is -2.06. The van der Waals surface area contributed by atoms with Gasteiger partial charge in [0.25, 0.3) is 5.62 Å². The maximum absolute atomic E-state index is 13.5. The normalized spacial score (nSPS) is 12.7. The summed E-state index contributed by atoms with van der Waals surface area (Å²) in [5, 5.41) is 17.5. The number of benzene rings is 1. The summed E-state index contributed by atoms with van der Waals surface area (Å²) in [6.07, 6.45) is 3.00. The van der Waals surface area contributed by atoms with E-state index in [1.165, 1.54) is 35.0 Å². The number of anilines is 2. The Labute approximate surface area is 184 Å². The summed E-state index contributed by atoms with van der Waals surface area (Å²) in [6, 6.07) is 4.12. The molecule has 0 fully saturated rings. The van der Waals surface area contributed by atoms with Gasteiger partial charge in [-0.25, -0.2) is 14.2 Å². The van der Waals surface area contributed by atoms with Crippen LogP contribution >= 0.6 is 11.6 Å². The minimum Gasteiger partial charge on any atom is -0.493 e. The molecule has 0 unspecified atom stereocenters. The van der Waals surface area contributed by atoms with Crippen molar-refractivity contribution in [3.63, 3.8) is 0 Å². The van der Waals surface area contributed by atoms with E-state index < -0.39 is 11.5 Å². The topological polar surface area (TPSA) is 146 Å². The highest BCUT2D eigenvalue weighted by Gasteiger charge is 2.10. The van der Waals surface area contributed by atoms with Gasteiger partial charge in [0, 0.05) is 17.5 Å². The molecule has 0 radical (unpaired) electrons. The number of hydrogen-bond donors (Lipinski definition) is 4. The van der Waals surface area contributed by atoms with Crippen LogP contribution in [-0.2, 0) is 4.74 Å². The molecular weight excluding hydrogens is 443 g/mol. The number of aromatic hydroxyl groups is 1. The lowest BCUT2D eigenvalue weighted by Crippen LogP contribution is -2.24. The smallest absolute Gasteiger partial charge is 0.326 e. The summed E-state index contributed by atoms with van der Waals surface area (Å²) < 4.78 is 20.2. The number of halogens is 2. The van der Waals surface area contributed by atoms with Gasteiger partial charge >= 0.3 is 5.69 Å². The maximum Gasteiger partial charge on any atom is 0.326 e. The second kappa shape index (κ2) is 9.16. The number of fused-ring (bicyclic) bond motifs is 1. The Hall–Kier alpha value is -3.77. The van der Waals surface area contributed by atoms with Crippen molar-refractivity contribution in [1.29, 1.82) is 0 Å². The lowest BCUT2D eigenvalue weighted by molar-refractivity contribution is 0.155. The summed E-state index contributed by atoms with van der Waals surface area (Å²) in [6.45, 7) is 3.19. The molecule has 0 atom stereocenters. The first kappa shape index (κ1) is 21.5. The summed E-state index contributed by atoms with van der Waals surface area (Å²) in [7, 11) is 0. The molecule has 32 heavy (non-hydrogen) atoms. The van der Waals surface area contributed by atoms with Crippen molar-refractivity contribution < 1.29 is 14.2 Å². The Bertz CT molecular complexity index is 1450. The van der Waals surface area contributed by atoms with Crippen molar-refractivity contribution in [1.82, 2.24) is 29.5 Å². The highest BCUT2D eigenvalue weighted by Crippen LogP contribution is 2.21. The second-order valence-electron chi connectivity index (χ2n) is 6.50. The van der Waals surface area contributed by atoms with Crippen LogP contribution in [-0.4, -0.2) is 54.4 Å². The van der Waals surface area contributed by atoms with E-state index in [0.29, 0.717) is 36.3 Å². The number of rotatable bonds is 7. The molecule has 3 heterocycles. The first-order chi connectivity index (χ1) is 15.4. The second-order valence-corrected chi connectivity index (χ2v) is 6.91. The quantitative estimate of drug-likeness (QED) is 0.299. The van der Waals surface area contributed by atoms with Crippen molar-refractivity contribution >= 4 is 35.0 Å². The Morgan fingerprint density at radius 3 is 2.94 bits per heavy atom. The zero-order valence-corrected chi connectivity index (χ0v) is 17.5. The third-order valence-electron chi connectivity index (χ3n) is 4.28. The fraction of sp³-hybridized carbons (Fsp3) is 0.211. The monoisotopic (exact) mass is 460 g/mol. The minimum atomic E-state index is -0.554. The van der Waals surface area contributed by atoms with E-state index in [1.807, 2.05) is 6.92 Å². The highest BCUT2D eigenvalue weighted by atomic mass is 35.5. The van der Waals surface area contributed by atoms with Crippen LogP contribution in [0.15, 0.2) is 34.2 Å². The molecule has 4 rings (SSSR count). The molecule has 0 aliphatic heterocycles.